The summed E-state index contributed by atoms with van der Waals surface area (Å²) < 4.78 is 0. The molecule has 0 saturated carbocycles. The van der Waals surface area contributed by atoms with E-state index in [1.807, 2.05) is 0 Å². The van der Waals surface area contributed by atoms with Gasteiger partial charge in [0.25, 0.3) is 0 Å². The summed E-state index contributed by atoms with van der Waals surface area (Å²) >= 11 is 0. The van der Waals surface area contributed by atoms with Gasteiger partial charge >= 0.3 is 0 Å². The lowest BCUT2D eigenvalue weighted by atomic mass is 9.72. The zero-order valence-corrected chi connectivity index (χ0v) is 16.5. The topological polar surface area (TPSA) is 0 Å². The van der Waals surface area contributed by atoms with Crippen molar-refractivity contribution in [1.29, 1.82) is 0 Å². The smallest absolute Gasteiger partial charge is 0.00930 e. The Hall–Kier alpha value is -1.82. The Morgan fingerprint density at radius 3 is 2.40 bits per heavy atom. The maximum atomic E-state index is 2.48. The molecule has 1 aliphatic rings. The first kappa shape index (κ1) is 18.0. The van der Waals surface area contributed by atoms with E-state index in [2.05, 4.69) is 77.1 Å². The number of fused-ring (bicyclic) bond motifs is 1. The van der Waals surface area contributed by atoms with Gasteiger partial charge in [-0.15, -0.1) is 0 Å². The Morgan fingerprint density at radius 1 is 0.920 bits per heavy atom. The molecule has 0 N–H and O–H groups in total. The van der Waals surface area contributed by atoms with Crippen molar-refractivity contribution in [2.24, 2.45) is 0 Å². The fraction of sp³-hybridized carbons (Fsp3) is 0.440. The molecule has 132 valence electrons. The number of rotatable bonds is 5. The van der Waals surface area contributed by atoms with Gasteiger partial charge in [0.1, 0.15) is 0 Å². The molecule has 1 aliphatic carbocycles. The zero-order chi connectivity index (χ0) is 18.0. The molecule has 2 aromatic rings. The molecule has 2 aromatic carbocycles. The highest BCUT2D eigenvalue weighted by atomic mass is 14.3. The predicted octanol–water partition coefficient (Wildman–Crippen LogP) is 7.12. The molecule has 0 bridgehead atoms. The van der Waals surface area contributed by atoms with E-state index in [0.717, 1.165) is 6.42 Å². The van der Waals surface area contributed by atoms with Crippen molar-refractivity contribution < 1.29 is 0 Å². The monoisotopic (exact) mass is 332 g/mol. The van der Waals surface area contributed by atoms with E-state index in [-0.39, 0.29) is 0 Å². The summed E-state index contributed by atoms with van der Waals surface area (Å²) in [5.74, 6) is 1.09. The summed E-state index contributed by atoms with van der Waals surface area (Å²) in [6, 6.07) is 11.9. The van der Waals surface area contributed by atoms with Crippen LogP contribution in [-0.4, -0.2) is 0 Å². The van der Waals surface area contributed by atoms with E-state index in [4.69, 9.17) is 0 Å². The maximum absolute atomic E-state index is 2.48. The minimum atomic E-state index is 0.503. The Morgan fingerprint density at radius 2 is 1.72 bits per heavy atom. The van der Waals surface area contributed by atoms with Crippen LogP contribution in [0.15, 0.2) is 36.4 Å². The Labute approximate surface area is 154 Å². The fourth-order valence-electron chi connectivity index (χ4n) is 4.68. The molecule has 0 heterocycles. The lowest BCUT2D eigenvalue weighted by molar-refractivity contribution is 0.588. The summed E-state index contributed by atoms with van der Waals surface area (Å²) in [5, 5.41) is 0. The van der Waals surface area contributed by atoms with Gasteiger partial charge in [-0.05, 0) is 72.4 Å². The molecule has 0 spiro atoms. The first-order valence-corrected chi connectivity index (χ1v) is 10.00. The van der Waals surface area contributed by atoms with Gasteiger partial charge in [-0.25, -0.2) is 0 Å². The molecule has 0 aliphatic heterocycles. The molecule has 0 radical (unpaired) electrons. The lowest BCUT2D eigenvalue weighted by Crippen LogP contribution is -2.16. The molecule has 0 amide bonds. The minimum absolute atomic E-state index is 0.503. The second kappa shape index (κ2) is 7.60. The van der Waals surface area contributed by atoms with Crippen molar-refractivity contribution in [1.82, 2.24) is 0 Å². The van der Waals surface area contributed by atoms with Crippen LogP contribution in [0, 0.1) is 13.8 Å². The van der Waals surface area contributed by atoms with Gasteiger partial charge in [-0.2, -0.15) is 0 Å². The highest BCUT2D eigenvalue weighted by Gasteiger charge is 2.28. The number of hydrogen-bond donors (Lipinski definition) is 0. The number of aryl methyl sites for hydroxylation is 3. The highest BCUT2D eigenvalue weighted by molar-refractivity contribution is 5.62. The average Bonchev–Trinajstić information content (AvgIpc) is 2.60. The molecule has 25 heavy (non-hydrogen) atoms. The van der Waals surface area contributed by atoms with Gasteiger partial charge < -0.3 is 0 Å². The molecular weight excluding hydrogens is 300 g/mol. The molecule has 0 fully saturated rings. The van der Waals surface area contributed by atoms with Crippen molar-refractivity contribution in [3.63, 3.8) is 0 Å². The molecule has 0 heteroatoms. The predicted molar refractivity (Wildman–Crippen MR) is 111 cm³/mol. The van der Waals surface area contributed by atoms with Crippen molar-refractivity contribution in [2.45, 2.75) is 72.1 Å². The first-order valence-electron chi connectivity index (χ1n) is 10.00. The summed E-state index contributed by atoms with van der Waals surface area (Å²) in [7, 11) is 0. The van der Waals surface area contributed by atoms with Crippen LogP contribution in [0.2, 0.25) is 0 Å². The van der Waals surface area contributed by atoms with Crippen LogP contribution in [0.25, 0.3) is 6.08 Å². The quantitative estimate of drug-likeness (QED) is 0.546. The van der Waals surface area contributed by atoms with Gasteiger partial charge in [-0.3, -0.25) is 0 Å². The molecule has 2 unspecified atom stereocenters. The van der Waals surface area contributed by atoms with Crippen LogP contribution in [0.4, 0.5) is 0 Å². The Bertz CT molecular complexity index is 779. The van der Waals surface area contributed by atoms with Crippen molar-refractivity contribution >= 4 is 6.08 Å². The van der Waals surface area contributed by atoms with Crippen molar-refractivity contribution in [3.05, 3.63) is 75.4 Å². The van der Waals surface area contributed by atoms with E-state index in [0.29, 0.717) is 11.8 Å². The second-order valence-corrected chi connectivity index (χ2v) is 7.62. The third kappa shape index (κ3) is 3.45. The minimum Gasteiger partial charge on any atom is -0.0758 e. The Kier molecular flexibility index (Phi) is 5.47. The summed E-state index contributed by atoms with van der Waals surface area (Å²) in [6.07, 6.45) is 9.52. The molecule has 0 nitrogen and oxygen atoms in total. The lowest BCUT2D eigenvalue weighted by Gasteiger charge is -2.32. The van der Waals surface area contributed by atoms with Gasteiger partial charge in [0.05, 0.1) is 0 Å². The molecule has 0 aromatic heterocycles. The van der Waals surface area contributed by atoms with Gasteiger partial charge in [0.15, 0.2) is 0 Å². The normalized spacial score (nSPS) is 19.1. The van der Waals surface area contributed by atoms with E-state index in [9.17, 15) is 0 Å². The van der Waals surface area contributed by atoms with Crippen LogP contribution < -0.4 is 0 Å². The molecule has 3 rings (SSSR count). The zero-order valence-electron chi connectivity index (χ0n) is 16.5. The van der Waals surface area contributed by atoms with Crippen molar-refractivity contribution in [3.8, 4) is 0 Å². The number of allylic oxidation sites excluding steroid dienone is 1. The summed E-state index contributed by atoms with van der Waals surface area (Å²) in [5.41, 5.74) is 10.4. The summed E-state index contributed by atoms with van der Waals surface area (Å²) in [4.78, 5) is 0. The van der Waals surface area contributed by atoms with Crippen LogP contribution in [0.5, 0.6) is 0 Å². The van der Waals surface area contributed by atoms with E-state index in [1.54, 1.807) is 16.7 Å². The Balaban J connectivity index is 2.10. The molecular formula is C25H32. The third-order valence-electron chi connectivity index (χ3n) is 5.81. The largest absolute Gasteiger partial charge is 0.0758 e. The number of hydrogen-bond acceptors (Lipinski definition) is 0. The number of benzene rings is 2. The molecule has 0 saturated heterocycles. The van der Waals surface area contributed by atoms with Crippen LogP contribution in [0.1, 0.15) is 84.4 Å². The maximum Gasteiger partial charge on any atom is 0.00930 e. The second-order valence-electron chi connectivity index (χ2n) is 7.62. The van der Waals surface area contributed by atoms with Crippen LogP contribution in [-0.2, 0) is 12.8 Å². The average molecular weight is 333 g/mol. The molecule has 2 atom stereocenters. The summed E-state index contributed by atoms with van der Waals surface area (Å²) in [6.45, 7) is 11.4. The van der Waals surface area contributed by atoms with Gasteiger partial charge in [0, 0.05) is 5.92 Å². The van der Waals surface area contributed by atoms with Crippen molar-refractivity contribution in [2.75, 3.05) is 0 Å². The highest BCUT2D eigenvalue weighted by Crippen LogP contribution is 2.44. The van der Waals surface area contributed by atoms with E-state index < -0.39 is 0 Å². The van der Waals surface area contributed by atoms with E-state index >= 15 is 0 Å². The van der Waals surface area contributed by atoms with Crippen LogP contribution >= 0.6 is 0 Å². The first-order chi connectivity index (χ1) is 12.1. The van der Waals surface area contributed by atoms with Crippen LogP contribution in [0.3, 0.4) is 0 Å². The SMILES string of the molecule is CCCc1ccc2c(c1)C(CC)C(c1cc(C)cc(C)c1CC)C=C2. The third-order valence-corrected chi connectivity index (χ3v) is 5.81. The van der Waals surface area contributed by atoms with Gasteiger partial charge in [-0.1, -0.05) is 75.2 Å². The fourth-order valence-corrected chi connectivity index (χ4v) is 4.68. The van der Waals surface area contributed by atoms with Gasteiger partial charge in [0.2, 0.25) is 0 Å². The standard InChI is InChI=1S/C25H32/c1-6-9-19-10-11-20-12-13-23(22(8-3)24(20)16-19)25-15-17(4)14-18(5)21(25)7-2/h10-16,22-23H,6-9H2,1-5H3. The van der Waals surface area contributed by atoms with E-state index in [1.165, 1.54) is 41.5 Å².